The fourth-order valence-corrected chi connectivity index (χ4v) is 4.51. The third kappa shape index (κ3) is 4.50. The minimum absolute atomic E-state index is 0.0918. The van der Waals surface area contributed by atoms with Crippen molar-refractivity contribution >= 4 is 23.1 Å². The lowest BCUT2D eigenvalue weighted by molar-refractivity contribution is -0.120. The molecule has 29 heavy (non-hydrogen) atoms. The van der Waals surface area contributed by atoms with Crippen LogP contribution in [0, 0.1) is 12.8 Å². The van der Waals surface area contributed by atoms with E-state index < -0.39 is 0 Å². The zero-order chi connectivity index (χ0) is 20.2. The van der Waals surface area contributed by atoms with E-state index in [9.17, 15) is 4.79 Å². The first-order valence-corrected chi connectivity index (χ1v) is 11.1. The summed E-state index contributed by atoms with van der Waals surface area (Å²) in [6.07, 6.45) is 5.44. The number of ether oxygens (including phenoxy) is 1. The van der Waals surface area contributed by atoms with Crippen molar-refractivity contribution in [1.29, 1.82) is 0 Å². The monoisotopic (exact) mass is 410 g/mol. The first-order chi connectivity index (χ1) is 14.1. The summed E-state index contributed by atoms with van der Waals surface area (Å²) in [4.78, 5) is 17.4. The van der Waals surface area contributed by atoms with E-state index in [0.717, 1.165) is 53.5 Å². The lowest BCUT2D eigenvalue weighted by Gasteiger charge is -2.20. The zero-order valence-electron chi connectivity index (χ0n) is 16.9. The van der Waals surface area contributed by atoms with Gasteiger partial charge in [-0.05, 0) is 51.0 Å². The van der Waals surface area contributed by atoms with Gasteiger partial charge in [0, 0.05) is 22.9 Å². The summed E-state index contributed by atoms with van der Waals surface area (Å²) in [6.45, 7) is 4.54. The molecule has 0 spiro atoms. The number of rotatable bonds is 6. The molecule has 0 bridgehead atoms. The number of aromatic nitrogens is 3. The number of benzene rings is 1. The minimum atomic E-state index is 0.0918. The van der Waals surface area contributed by atoms with Gasteiger partial charge in [0.15, 0.2) is 0 Å². The Morgan fingerprint density at radius 3 is 2.72 bits per heavy atom. The first-order valence-electron chi connectivity index (χ1n) is 10.2. The van der Waals surface area contributed by atoms with Crippen molar-refractivity contribution in [1.82, 2.24) is 14.8 Å². The number of nitrogens with one attached hydrogen (secondary N) is 1. The van der Waals surface area contributed by atoms with Crippen LogP contribution in [0.25, 0.3) is 16.4 Å². The molecule has 2 aromatic heterocycles. The highest BCUT2D eigenvalue weighted by Crippen LogP contribution is 2.29. The number of amides is 1. The smallest absolute Gasteiger partial charge is 0.228 e. The topological polar surface area (TPSA) is 69.0 Å². The Kier molecular flexibility index (Phi) is 5.94. The number of carbonyl (C=O) groups excluding carboxylic acids is 1. The molecule has 0 saturated heterocycles. The van der Waals surface area contributed by atoms with E-state index in [-0.39, 0.29) is 11.8 Å². The standard InChI is InChI=1S/C22H26N4O2S/c1-3-28-18-11-9-16(10-12-18)19-14-29-22(23-19)26-20(13-15(2)25-26)24-21(27)17-7-5-4-6-8-17/h9-14,17H,3-8H2,1-2H3,(H,24,27). The third-order valence-corrected chi connectivity index (χ3v) is 6.01. The summed E-state index contributed by atoms with van der Waals surface area (Å²) in [7, 11) is 0. The van der Waals surface area contributed by atoms with Gasteiger partial charge in [0.1, 0.15) is 11.6 Å². The molecule has 0 aliphatic heterocycles. The van der Waals surface area contributed by atoms with Gasteiger partial charge in [0.25, 0.3) is 0 Å². The zero-order valence-corrected chi connectivity index (χ0v) is 17.7. The fraction of sp³-hybridized carbons (Fsp3) is 0.409. The van der Waals surface area contributed by atoms with Crippen LogP contribution in [-0.2, 0) is 4.79 Å². The second-order valence-electron chi connectivity index (χ2n) is 7.38. The normalized spacial score (nSPS) is 14.7. The first kappa shape index (κ1) is 19.6. The van der Waals surface area contributed by atoms with Crippen molar-refractivity contribution in [3.63, 3.8) is 0 Å². The largest absolute Gasteiger partial charge is 0.494 e. The van der Waals surface area contributed by atoms with Crippen LogP contribution in [0.5, 0.6) is 5.75 Å². The van der Waals surface area contributed by atoms with E-state index in [1.165, 1.54) is 17.8 Å². The van der Waals surface area contributed by atoms with Gasteiger partial charge in [0.2, 0.25) is 11.0 Å². The number of aryl methyl sites for hydroxylation is 1. The predicted molar refractivity (Wildman–Crippen MR) is 116 cm³/mol. The lowest BCUT2D eigenvalue weighted by Crippen LogP contribution is -2.25. The highest BCUT2D eigenvalue weighted by atomic mass is 32.1. The summed E-state index contributed by atoms with van der Waals surface area (Å²) in [6, 6.07) is 9.81. The van der Waals surface area contributed by atoms with Gasteiger partial charge in [-0.1, -0.05) is 19.3 Å². The average molecular weight is 411 g/mol. The van der Waals surface area contributed by atoms with Crippen LogP contribution < -0.4 is 10.1 Å². The van der Waals surface area contributed by atoms with E-state index in [4.69, 9.17) is 9.72 Å². The van der Waals surface area contributed by atoms with Crippen molar-refractivity contribution in [2.75, 3.05) is 11.9 Å². The quantitative estimate of drug-likeness (QED) is 0.605. The van der Waals surface area contributed by atoms with Crippen LogP contribution in [0.1, 0.15) is 44.7 Å². The Labute approximate surface area is 174 Å². The maximum Gasteiger partial charge on any atom is 0.228 e. The van der Waals surface area contributed by atoms with Crippen LogP contribution in [0.2, 0.25) is 0 Å². The Bertz CT molecular complexity index is 971. The van der Waals surface area contributed by atoms with Gasteiger partial charge in [0.05, 0.1) is 18.0 Å². The summed E-state index contributed by atoms with van der Waals surface area (Å²) in [5.74, 6) is 1.73. The van der Waals surface area contributed by atoms with Crippen molar-refractivity contribution in [2.24, 2.45) is 5.92 Å². The second kappa shape index (κ2) is 8.78. The molecule has 1 aliphatic rings. The molecule has 4 rings (SSSR count). The molecule has 2 heterocycles. The molecule has 7 heteroatoms. The number of carbonyl (C=O) groups is 1. The average Bonchev–Trinajstić information content (AvgIpc) is 3.36. The SMILES string of the molecule is CCOc1ccc(-c2csc(-n3nc(C)cc3NC(=O)C3CCCCC3)n2)cc1. The molecular formula is C22H26N4O2S. The number of anilines is 1. The van der Waals surface area contributed by atoms with Crippen molar-refractivity contribution in [3.05, 3.63) is 41.4 Å². The summed E-state index contributed by atoms with van der Waals surface area (Å²) >= 11 is 1.51. The van der Waals surface area contributed by atoms with Gasteiger partial charge in [-0.25, -0.2) is 4.98 Å². The highest BCUT2D eigenvalue weighted by Gasteiger charge is 2.23. The Morgan fingerprint density at radius 1 is 1.24 bits per heavy atom. The molecule has 0 atom stereocenters. The van der Waals surface area contributed by atoms with Crippen LogP contribution in [-0.4, -0.2) is 27.3 Å². The van der Waals surface area contributed by atoms with Gasteiger partial charge < -0.3 is 10.1 Å². The molecule has 152 valence electrons. The molecule has 1 saturated carbocycles. The van der Waals surface area contributed by atoms with Crippen LogP contribution in [0.3, 0.4) is 0 Å². The van der Waals surface area contributed by atoms with Crippen LogP contribution >= 0.6 is 11.3 Å². The molecule has 1 amide bonds. The highest BCUT2D eigenvalue weighted by molar-refractivity contribution is 7.12. The fourth-order valence-electron chi connectivity index (χ4n) is 3.71. The van der Waals surface area contributed by atoms with E-state index in [1.54, 1.807) is 4.68 Å². The maximum atomic E-state index is 12.7. The summed E-state index contributed by atoms with van der Waals surface area (Å²) < 4.78 is 7.24. The van der Waals surface area contributed by atoms with Gasteiger partial charge in [-0.3, -0.25) is 4.79 Å². The molecule has 1 aliphatic carbocycles. The summed E-state index contributed by atoms with van der Waals surface area (Å²) in [5.41, 5.74) is 2.75. The van der Waals surface area contributed by atoms with Crippen LogP contribution in [0.4, 0.5) is 5.82 Å². The van der Waals surface area contributed by atoms with E-state index in [2.05, 4.69) is 10.4 Å². The van der Waals surface area contributed by atoms with Crippen molar-refractivity contribution < 1.29 is 9.53 Å². The lowest BCUT2D eigenvalue weighted by atomic mass is 9.89. The molecule has 1 N–H and O–H groups in total. The Balaban J connectivity index is 1.54. The van der Waals surface area contributed by atoms with Crippen molar-refractivity contribution in [3.8, 4) is 22.1 Å². The predicted octanol–water partition coefficient (Wildman–Crippen LogP) is 5.22. The van der Waals surface area contributed by atoms with Crippen molar-refractivity contribution in [2.45, 2.75) is 46.0 Å². The molecular weight excluding hydrogens is 384 g/mol. The Morgan fingerprint density at radius 2 is 2.00 bits per heavy atom. The van der Waals surface area contributed by atoms with E-state index >= 15 is 0 Å². The number of hydrogen-bond donors (Lipinski definition) is 1. The Hall–Kier alpha value is -2.67. The van der Waals surface area contributed by atoms with E-state index in [1.807, 2.05) is 49.6 Å². The maximum absolute atomic E-state index is 12.7. The minimum Gasteiger partial charge on any atom is -0.494 e. The number of thiazole rings is 1. The van der Waals surface area contributed by atoms with Gasteiger partial charge in [-0.15, -0.1) is 11.3 Å². The molecule has 0 unspecified atom stereocenters. The molecule has 3 aromatic rings. The van der Waals surface area contributed by atoms with Crippen LogP contribution in [0.15, 0.2) is 35.7 Å². The van der Waals surface area contributed by atoms with E-state index in [0.29, 0.717) is 12.4 Å². The third-order valence-electron chi connectivity index (χ3n) is 5.19. The number of hydrogen-bond acceptors (Lipinski definition) is 5. The second-order valence-corrected chi connectivity index (χ2v) is 8.22. The van der Waals surface area contributed by atoms with Gasteiger partial charge >= 0.3 is 0 Å². The molecule has 0 radical (unpaired) electrons. The summed E-state index contributed by atoms with van der Waals surface area (Å²) in [5, 5.41) is 10.4. The molecule has 1 aromatic carbocycles. The molecule has 1 fully saturated rings. The van der Waals surface area contributed by atoms with Gasteiger partial charge in [-0.2, -0.15) is 9.78 Å². The molecule has 6 nitrogen and oxygen atoms in total. The number of nitrogens with zero attached hydrogens (tertiary/aromatic N) is 3.